The molecule has 2 aliphatic rings. The van der Waals surface area contributed by atoms with E-state index in [4.69, 9.17) is 15.5 Å². The second-order valence-corrected chi connectivity index (χ2v) is 5.46. The van der Waals surface area contributed by atoms with Crippen molar-refractivity contribution in [1.82, 2.24) is 5.32 Å². The lowest BCUT2D eigenvalue weighted by atomic mass is 9.88. The van der Waals surface area contributed by atoms with Gasteiger partial charge in [-0.25, -0.2) is 0 Å². The Morgan fingerprint density at radius 2 is 2.21 bits per heavy atom. The van der Waals surface area contributed by atoms with E-state index >= 15 is 0 Å². The van der Waals surface area contributed by atoms with Gasteiger partial charge in [0, 0.05) is 18.0 Å². The predicted octanol–water partition coefficient (Wildman–Crippen LogP) is 1.49. The molecule has 0 bridgehead atoms. The average Bonchev–Trinajstić information content (AvgIpc) is 2.80. The number of fused-ring (bicyclic) bond motifs is 1. The highest BCUT2D eigenvalue weighted by atomic mass is 16.5. The number of rotatable bonds is 3. The Bertz CT molecular complexity index is 486. The third-order valence-electron chi connectivity index (χ3n) is 4.08. The molecule has 4 heteroatoms. The average molecular weight is 259 g/mol. The van der Waals surface area contributed by atoms with Gasteiger partial charge in [-0.05, 0) is 25.3 Å². The van der Waals surface area contributed by atoms with Gasteiger partial charge >= 0.3 is 0 Å². The van der Waals surface area contributed by atoms with Gasteiger partial charge in [0.05, 0.1) is 19.2 Å². The summed E-state index contributed by atoms with van der Waals surface area (Å²) in [5.41, 5.74) is 7.20. The third kappa shape index (κ3) is 2.59. The second kappa shape index (κ2) is 5.21. The molecule has 1 aliphatic carbocycles. The highest BCUT2D eigenvalue weighted by Gasteiger charge is 2.33. The summed E-state index contributed by atoms with van der Waals surface area (Å²) in [6.07, 6.45) is 4.04. The summed E-state index contributed by atoms with van der Waals surface area (Å²) in [5.74, 6) is 2.01. The van der Waals surface area contributed by atoms with Gasteiger partial charge in [-0.2, -0.15) is 0 Å². The van der Waals surface area contributed by atoms with Crippen LogP contribution in [0.2, 0.25) is 0 Å². The summed E-state index contributed by atoms with van der Waals surface area (Å²) in [6, 6.07) is 9.30. The Kier molecular flexibility index (Phi) is 3.42. The van der Waals surface area contributed by atoms with Gasteiger partial charge in [0.25, 0.3) is 0 Å². The van der Waals surface area contributed by atoms with Crippen molar-refractivity contribution >= 4 is 5.84 Å². The third-order valence-corrected chi connectivity index (χ3v) is 4.08. The van der Waals surface area contributed by atoms with E-state index in [2.05, 4.69) is 11.4 Å². The normalized spacial score (nSPS) is 29.4. The minimum Gasteiger partial charge on any atom is -0.496 e. The number of nitrogens with two attached hydrogens (primary N) is 1. The van der Waals surface area contributed by atoms with Crippen LogP contribution in [0.4, 0.5) is 0 Å². The first-order valence-electron chi connectivity index (χ1n) is 6.97. The van der Waals surface area contributed by atoms with Crippen molar-refractivity contribution in [3.8, 4) is 5.75 Å². The molecular weight excluding hydrogens is 238 g/mol. The molecule has 4 nitrogen and oxygen atoms in total. The molecule has 1 saturated carbocycles. The van der Waals surface area contributed by atoms with Crippen LogP contribution in [0.5, 0.6) is 5.75 Å². The van der Waals surface area contributed by atoms with Crippen molar-refractivity contribution in [1.29, 1.82) is 0 Å². The van der Waals surface area contributed by atoms with E-state index in [1.165, 1.54) is 5.56 Å². The number of hydrogen-bond donors (Lipinski definition) is 2. The van der Waals surface area contributed by atoms with Gasteiger partial charge in [-0.15, -0.1) is 0 Å². The van der Waals surface area contributed by atoms with Crippen LogP contribution in [-0.2, 0) is 6.42 Å². The van der Waals surface area contributed by atoms with Crippen LogP contribution in [0.25, 0.3) is 0 Å². The minimum atomic E-state index is 0.328. The van der Waals surface area contributed by atoms with E-state index in [1.54, 1.807) is 7.11 Å². The standard InChI is InChI=1S/C15H21N3O/c1-19-14-5-3-2-4-10(14)8-15-17-12-7-6-11(16)9-13(12)18-15/h2-5,11-13H,6-9,16H2,1H3,(H,17,18). The molecule has 0 spiro atoms. The number of aliphatic imine (C=N–C) groups is 1. The number of benzene rings is 1. The molecule has 1 aliphatic heterocycles. The first kappa shape index (κ1) is 12.5. The van der Waals surface area contributed by atoms with E-state index in [0.717, 1.165) is 37.3 Å². The fraction of sp³-hybridized carbons (Fsp3) is 0.533. The predicted molar refractivity (Wildman–Crippen MR) is 76.7 cm³/mol. The monoisotopic (exact) mass is 259 g/mol. The minimum absolute atomic E-state index is 0.328. The van der Waals surface area contributed by atoms with Crippen LogP contribution in [0, 0.1) is 0 Å². The number of nitrogens with zero attached hydrogens (tertiary/aromatic N) is 1. The highest BCUT2D eigenvalue weighted by Crippen LogP contribution is 2.26. The topological polar surface area (TPSA) is 59.6 Å². The fourth-order valence-corrected chi connectivity index (χ4v) is 3.07. The molecule has 3 unspecified atom stereocenters. The fourth-order valence-electron chi connectivity index (χ4n) is 3.07. The van der Waals surface area contributed by atoms with Gasteiger partial charge < -0.3 is 15.8 Å². The molecule has 102 valence electrons. The number of nitrogens with one attached hydrogen (secondary N) is 1. The van der Waals surface area contributed by atoms with Crippen molar-refractivity contribution < 1.29 is 4.74 Å². The summed E-state index contributed by atoms with van der Waals surface area (Å²) in [6.45, 7) is 0. The first-order valence-corrected chi connectivity index (χ1v) is 6.97. The maximum absolute atomic E-state index is 6.02. The molecule has 0 saturated heterocycles. The number of hydrogen-bond acceptors (Lipinski definition) is 4. The quantitative estimate of drug-likeness (QED) is 0.864. The van der Waals surface area contributed by atoms with Crippen molar-refractivity contribution in [3.05, 3.63) is 29.8 Å². The largest absolute Gasteiger partial charge is 0.496 e. The van der Waals surface area contributed by atoms with Crippen LogP contribution in [0.1, 0.15) is 24.8 Å². The summed E-state index contributed by atoms with van der Waals surface area (Å²) in [7, 11) is 1.71. The zero-order valence-electron chi connectivity index (χ0n) is 11.3. The lowest BCUT2D eigenvalue weighted by Gasteiger charge is -2.28. The molecule has 0 aromatic heterocycles. The smallest absolute Gasteiger partial charge is 0.122 e. The molecule has 1 aromatic carbocycles. The maximum atomic E-state index is 6.02. The summed E-state index contributed by atoms with van der Waals surface area (Å²) in [5, 5.41) is 3.54. The van der Waals surface area contributed by atoms with Crippen LogP contribution >= 0.6 is 0 Å². The number of para-hydroxylation sites is 1. The van der Waals surface area contributed by atoms with Gasteiger partial charge in [0.15, 0.2) is 0 Å². The van der Waals surface area contributed by atoms with E-state index in [9.17, 15) is 0 Å². The molecule has 1 heterocycles. The molecule has 0 amide bonds. The lowest BCUT2D eigenvalue weighted by Crippen LogP contribution is -2.44. The van der Waals surface area contributed by atoms with Crippen LogP contribution < -0.4 is 15.8 Å². The first-order chi connectivity index (χ1) is 9.26. The highest BCUT2D eigenvalue weighted by molar-refractivity contribution is 5.87. The van der Waals surface area contributed by atoms with Crippen LogP contribution in [-0.4, -0.2) is 31.1 Å². The lowest BCUT2D eigenvalue weighted by molar-refractivity contribution is 0.347. The number of ether oxygens (including phenoxy) is 1. The molecule has 1 fully saturated rings. The van der Waals surface area contributed by atoms with Crippen LogP contribution in [0.15, 0.2) is 29.3 Å². The van der Waals surface area contributed by atoms with Crippen molar-refractivity contribution in [2.75, 3.05) is 7.11 Å². The van der Waals surface area contributed by atoms with Gasteiger partial charge in [0.1, 0.15) is 11.6 Å². The van der Waals surface area contributed by atoms with Gasteiger partial charge in [-0.3, -0.25) is 4.99 Å². The zero-order valence-corrected chi connectivity index (χ0v) is 11.3. The van der Waals surface area contributed by atoms with Crippen molar-refractivity contribution in [3.63, 3.8) is 0 Å². The van der Waals surface area contributed by atoms with E-state index in [0.29, 0.717) is 18.1 Å². The Balaban J connectivity index is 1.71. The summed E-state index contributed by atoms with van der Waals surface area (Å²) >= 11 is 0. The van der Waals surface area contributed by atoms with Crippen LogP contribution in [0.3, 0.4) is 0 Å². The molecule has 0 radical (unpaired) electrons. The van der Waals surface area contributed by atoms with Crippen molar-refractivity contribution in [2.45, 2.75) is 43.8 Å². The summed E-state index contributed by atoms with van der Waals surface area (Å²) < 4.78 is 5.39. The maximum Gasteiger partial charge on any atom is 0.122 e. The second-order valence-electron chi connectivity index (χ2n) is 5.46. The number of amidine groups is 1. The molecule has 19 heavy (non-hydrogen) atoms. The Hall–Kier alpha value is -1.55. The van der Waals surface area contributed by atoms with E-state index in [-0.39, 0.29) is 0 Å². The molecule has 3 rings (SSSR count). The van der Waals surface area contributed by atoms with Crippen molar-refractivity contribution in [2.24, 2.45) is 10.7 Å². The molecule has 3 N–H and O–H groups in total. The zero-order chi connectivity index (χ0) is 13.2. The molecule has 1 aromatic rings. The number of methoxy groups -OCH3 is 1. The SMILES string of the molecule is COc1ccccc1CC1=NC2CCC(N)CC2N1. The van der Waals surface area contributed by atoms with E-state index < -0.39 is 0 Å². The Morgan fingerprint density at radius 1 is 1.37 bits per heavy atom. The molecular formula is C15H21N3O. The molecule has 3 atom stereocenters. The Morgan fingerprint density at radius 3 is 3.05 bits per heavy atom. The summed E-state index contributed by atoms with van der Waals surface area (Å²) in [4.78, 5) is 4.81. The Labute approximate surface area is 114 Å². The van der Waals surface area contributed by atoms with Gasteiger partial charge in [0.2, 0.25) is 0 Å². The van der Waals surface area contributed by atoms with Gasteiger partial charge in [-0.1, -0.05) is 18.2 Å². The van der Waals surface area contributed by atoms with E-state index in [1.807, 2.05) is 18.2 Å².